The molecular weight excluding hydrogens is 346 g/mol. The summed E-state index contributed by atoms with van der Waals surface area (Å²) in [6, 6.07) is 7.55. The number of carbonyl (C=O) groups excluding carboxylic acids is 2. The van der Waals surface area contributed by atoms with Crippen LogP contribution in [0, 0.1) is 11.6 Å². The van der Waals surface area contributed by atoms with Crippen LogP contribution in [0.15, 0.2) is 36.4 Å². The van der Waals surface area contributed by atoms with E-state index in [1.165, 1.54) is 21.1 Å². The van der Waals surface area contributed by atoms with Crippen LogP contribution < -0.4 is 19.7 Å². The number of hydrogen-bond donors (Lipinski definition) is 1. The summed E-state index contributed by atoms with van der Waals surface area (Å²) in [6.07, 6.45) is 0. The van der Waals surface area contributed by atoms with Crippen molar-refractivity contribution in [2.75, 3.05) is 31.0 Å². The van der Waals surface area contributed by atoms with Gasteiger partial charge < -0.3 is 19.7 Å². The van der Waals surface area contributed by atoms with E-state index in [-0.39, 0.29) is 5.69 Å². The minimum absolute atomic E-state index is 0.184. The third-order valence-corrected chi connectivity index (χ3v) is 3.57. The van der Waals surface area contributed by atoms with Crippen molar-refractivity contribution in [2.24, 2.45) is 0 Å². The monoisotopic (exact) mass is 364 g/mol. The SMILES string of the molecule is COc1ccc(NC(=O)CN(C(C)=O)c2ccc(F)cc2F)c(OC)c1. The van der Waals surface area contributed by atoms with E-state index in [0.717, 1.165) is 17.0 Å². The van der Waals surface area contributed by atoms with Gasteiger partial charge in [0.05, 0.1) is 25.6 Å². The first-order valence-corrected chi connectivity index (χ1v) is 7.60. The Kier molecular flexibility index (Phi) is 6.11. The molecule has 0 bridgehead atoms. The van der Waals surface area contributed by atoms with E-state index in [0.29, 0.717) is 23.3 Å². The molecule has 2 aromatic carbocycles. The molecule has 0 aliphatic rings. The van der Waals surface area contributed by atoms with E-state index in [2.05, 4.69) is 5.32 Å². The summed E-state index contributed by atoms with van der Waals surface area (Å²) in [5, 5.41) is 2.59. The van der Waals surface area contributed by atoms with Gasteiger partial charge in [0.1, 0.15) is 29.7 Å². The number of ether oxygens (including phenoxy) is 2. The molecule has 0 fully saturated rings. The third-order valence-electron chi connectivity index (χ3n) is 3.57. The summed E-state index contributed by atoms with van der Waals surface area (Å²) in [4.78, 5) is 25.1. The zero-order chi connectivity index (χ0) is 19.3. The first kappa shape index (κ1) is 19.2. The van der Waals surface area contributed by atoms with Gasteiger partial charge in [-0.1, -0.05) is 0 Å². The average Bonchev–Trinajstić information content (AvgIpc) is 2.60. The van der Waals surface area contributed by atoms with E-state index in [9.17, 15) is 18.4 Å². The van der Waals surface area contributed by atoms with E-state index < -0.39 is 30.0 Å². The van der Waals surface area contributed by atoms with E-state index in [1.807, 2.05) is 0 Å². The molecule has 0 aromatic heterocycles. The lowest BCUT2D eigenvalue weighted by atomic mass is 10.2. The molecule has 26 heavy (non-hydrogen) atoms. The molecule has 8 heteroatoms. The number of nitrogens with zero attached hydrogens (tertiary/aromatic N) is 1. The van der Waals surface area contributed by atoms with E-state index >= 15 is 0 Å². The quantitative estimate of drug-likeness (QED) is 0.856. The molecule has 0 aliphatic carbocycles. The Morgan fingerprint density at radius 1 is 1.08 bits per heavy atom. The molecule has 0 radical (unpaired) electrons. The second-order valence-electron chi connectivity index (χ2n) is 5.32. The summed E-state index contributed by atoms with van der Waals surface area (Å²) in [5.74, 6) is -1.95. The van der Waals surface area contributed by atoms with Crippen molar-refractivity contribution in [3.63, 3.8) is 0 Å². The number of hydrogen-bond acceptors (Lipinski definition) is 4. The van der Waals surface area contributed by atoms with Crippen molar-refractivity contribution >= 4 is 23.2 Å². The Morgan fingerprint density at radius 2 is 1.81 bits per heavy atom. The van der Waals surface area contributed by atoms with Crippen molar-refractivity contribution in [2.45, 2.75) is 6.92 Å². The molecule has 0 spiro atoms. The van der Waals surface area contributed by atoms with Gasteiger partial charge in [-0.3, -0.25) is 9.59 Å². The van der Waals surface area contributed by atoms with Crippen molar-refractivity contribution in [3.8, 4) is 11.5 Å². The molecular formula is C18H18F2N2O4. The molecule has 2 aromatic rings. The maximum absolute atomic E-state index is 13.9. The van der Waals surface area contributed by atoms with Gasteiger partial charge in [0.15, 0.2) is 0 Å². The zero-order valence-corrected chi connectivity index (χ0v) is 14.5. The van der Waals surface area contributed by atoms with Crippen molar-refractivity contribution in [1.29, 1.82) is 0 Å². The Morgan fingerprint density at radius 3 is 2.38 bits per heavy atom. The molecule has 0 saturated heterocycles. The average molecular weight is 364 g/mol. The number of amides is 2. The molecule has 2 rings (SSSR count). The van der Waals surface area contributed by atoms with Gasteiger partial charge in [0.25, 0.3) is 0 Å². The van der Waals surface area contributed by atoms with Crippen LogP contribution in [0.4, 0.5) is 20.2 Å². The van der Waals surface area contributed by atoms with Crippen molar-refractivity contribution in [1.82, 2.24) is 0 Å². The Hall–Kier alpha value is -3.16. The highest BCUT2D eigenvalue weighted by Crippen LogP contribution is 2.29. The number of carbonyl (C=O) groups is 2. The third kappa shape index (κ3) is 4.47. The predicted molar refractivity (Wildman–Crippen MR) is 92.6 cm³/mol. The second kappa shape index (κ2) is 8.28. The lowest BCUT2D eigenvalue weighted by Gasteiger charge is -2.21. The predicted octanol–water partition coefficient (Wildman–Crippen LogP) is 2.97. The first-order valence-electron chi connectivity index (χ1n) is 7.60. The Balaban J connectivity index is 2.20. The normalized spacial score (nSPS) is 10.2. The molecule has 0 heterocycles. The van der Waals surface area contributed by atoms with Crippen LogP contribution in [-0.2, 0) is 9.59 Å². The Bertz CT molecular complexity index is 827. The van der Waals surface area contributed by atoms with Crippen LogP contribution in [0.25, 0.3) is 0 Å². The molecule has 0 aliphatic heterocycles. The summed E-state index contributed by atoms with van der Waals surface area (Å²) in [6.45, 7) is 0.733. The van der Waals surface area contributed by atoms with Crippen LogP contribution in [0.3, 0.4) is 0 Å². The first-order chi connectivity index (χ1) is 12.3. The fraction of sp³-hybridized carbons (Fsp3) is 0.222. The van der Waals surface area contributed by atoms with Crippen LogP contribution in [-0.4, -0.2) is 32.6 Å². The highest BCUT2D eigenvalue weighted by molar-refractivity contribution is 6.02. The topological polar surface area (TPSA) is 67.9 Å². The summed E-state index contributed by atoms with van der Waals surface area (Å²) in [5.41, 5.74) is 0.178. The highest BCUT2D eigenvalue weighted by Gasteiger charge is 2.20. The van der Waals surface area contributed by atoms with Gasteiger partial charge in [-0.2, -0.15) is 0 Å². The number of nitrogens with one attached hydrogen (secondary N) is 1. The lowest BCUT2D eigenvalue weighted by Crippen LogP contribution is -2.37. The summed E-state index contributed by atoms with van der Waals surface area (Å²) >= 11 is 0. The molecule has 1 N–H and O–H groups in total. The Labute approximate surface area is 149 Å². The summed E-state index contributed by atoms with van der Waals surface area (Å²) < 4.78 is 37.3. The number of methoxy groups -OCH3 is 2. The largest absolute Gasteiger partial charge is 0.497 e. The second-order valence-corrected chi connectivity index (χ2v) is 5.32. The van der Waals surface area contributed by atoms with E-state index in [4.69, 9.17) is 9.47 Å². The molecule has 138 valence electrons. The van der Waals surface area contributed by atoms with Crippen molar-refractivity contribution < 1.29 is 27.8 Å². The highest BCUT2D eigenvalue weighted by atomic mass is 19.1. The van der Waals surface area contributed by atoms with Gasteiger partial charge in [0, 0.05) is 19.1 Å². The van der Waals surface area contributed by atoms with E-state index in [1.54, 1.807) is 18.2 Å². The zero-order valence-electron chi connectivity index (χ0n) is 14.5. The van der Waals surface area contributed by atoms with Gasteiger partial charge >= 0.3 is 0 Å². The number of anilines is 2. The van der Waals surface area contributed by atoms with Crippen LogP contribution in [0.1, 0.15) is 6.92 Å². The molecule has 0 unspecified atom stereocenters. The molecule has 2 amide bonds. The molecule has 0 atom stereocenters. The fourth-order valence-corrected chi connectivity index (χ4v) is 2.30. The standard InChI is InChI=1S/C18H18F2N2O4/c1-11(23)22(16-7-4-12(19)8-14(16)20)10-18(24)21-15-6-5-13(25-2)9-17(15)26-3/h4-9H,10H2,1-3H3,(H,21,24). The lowest BCUT2D eigenvalue weighted by molar-refractivity contribution is -0.120. The van der Waals surface area contributed by atoms with Gasteiger partial charge in [-0.15, -0.1) is 0 Å². The van der Waals surface area contributed by atoms with Gasteiger partial charge in [-0.05, 0) is 24.3 Å². The van der Waals surface area contributed by atoms with Crippen LogP contribution in [0.5, 0.6) is 11.5 Å². The van der Waals surface area contributed by atoms with Crippen LogP contribution in [0.2, 0.25) is 0 Å². The van der Waals surface area contributed by atoms with Crippen molar-refractivity contribution in [3.05, 3.63) is 48.0 Å². The maximum Gasteiger partial charge on any atom is 0.244 e. The number of benzene rings is 2. The number of halogens is 2. The van der Waals surface area contributed by atoms with Gasteiger partial charge in [0.2, 0.25) is 11.8 Å². The van der Waals surface area contributed by atoms with Crippen LogP contribution >= 0.6 is 0 Å². The maximum atomic E-state index is 13.9. The minimum atomic E-state index is -0.935. The minimum Gasteiger partial charge on any atom is -0.497 e. The summed E-state index contributed by atoms with van der Waals surface area (Å²) in [7, 11) is 2.93. The molecule has 0 saturated carbocycles. The smallest absolute Gasteiger partial charge is 0.244 e. The molecule has 6 nitrogen and oxygen atoms in total. The number of rotatable bonds is 6. The fourth-order valence-electron chi connectivity index (χ4n) is 2.30. The van der Waals surface area contributed by atoms with Gasteiger partial charge in [-0.25, -0.2) is 8.78 Å².